The molecule has 0 fully saturated rings. The van der Waals surface area contributed by atoms with Gasteiger partial charge in [0.1, 0.15) is 11.5 Å². The fraction of sp³-hybridized carbons (Fsp3) is 0.556. The highest BCUT2D eigenvalue weighted by atomic mass is 16.5. The molecule has 5 nitrogen and oxygen atoms in total. The molecule has 1 atom stereocenters. The lowest BCUT2D eigenvalue weighted by Gasteiger charge is -2.35. The molecule has 1 aromatic rings. The second-order valence-corrected chi connectivity index (χ2v) is 6.37. The van der Waals surface area contributed by atoms with Crippen molar-refractivity contribution < 1.29 is 24.2 Å². The standard InChI is InChI=1S/C18H24O5/c1-6-7-14(19)22-15-10(2)11(3)16-13(12(15)4)8-9-18(5,23-16)17(20)21/h6-9H2,1-5H3,(H,20,21). The Balaban J connectivity index is 2.48. The number of aliphatic carboxylic acids is 1. The van der Waals surface area contributed by atoms with Crippen molar-refractivity contribution in [2.24, 2.45) is 0 Å². The summed E-state index contributed by atoms with van der Waals surface area (Å²) in [6.45, 7) is 9.16. The van der Waals surface area contributed by atoms with Crippen LogP contribution in [0.1, 0.15) is 55.4 Å². The van der Waals surface area contributed by atoms with Gasteiger partial charge in [0, 0.05) is 18.4 Å². The molecule has 1 aliphatic rings. The quantitative estimate of drug-likeness (QED) is 0.679. The van der Waals surface area contributed by atoms with Crippen LogP contribution >= 0.6 is 0 Å². The van der Waals surface area contributed by atoms with E-state index in [0.717, 1.165) is 28.7 Å². The summed E-state index contributed by atoms with van der Waals surface area (Å²) in [6.07, 6.45) is 2.09. The maximum atomic E-state index is 11.9. The van der Waals surface area contributed by atoms with E-state index in [0.29, 0.717) is 30.8 Å². The SMILES string of the molecule is CCCC(=O)Oc1c(C)c(C)c2c(c1C)CCC(C)(C(=O)O)O2. The fourth-order valence-electron chi connectivity index (χ4n) is 2.91. The van der Waals surface area contributed by atoms with Gasteiger partial charge < -0.3 is 14.6 Å². The highest BCUT2D eigenvalue weighted by molar-refractivity contribution is 5.79. The number of rotatable bonds is 4. The molecule has 1 unspecified atom stereocenters. The van der Waals surface area contributed by atoms with Crippen molar-refractivity contribution in [3.8, 4) is 11.5 Å². The van der Waals surface area contributed by atoms with Crippen LogP contribution in [0.5, 0.6) is 11.5 Å². The van der Waals surface area contributed by atoms with Gasteiger partial charge in [-0.25, -0.2) is 4.79 Å². The van der Waals surface area contributed by atoms with Gasteiger partial charge in [0.25, 0.3) is 0 Å². The lowest BCUT2D eigenvalue weighted by Crippen LogP contribution is -2.44. The minimum Gasteiger partial charge on any atom is -0.478 e. The Hall–Kier alpha value is -2.04. The molecule has 0 saturated carbocycles. The first-order valence-electron chi connectivity index (χ1n) is 7.97. The van der Waals surface area contributed by atoms with E-state index in [1.54, 1.807) is 6.92 Å². The summed E-state index contributed by atoms with van der Waals surface area (Å²) in [7, 11) is 0. The second kappa shape index (κ2) is 6.22. The van der Waals surface area contributed by atoms with E-state index in [9.17, 15) is 14.7 Å². The van der Waals surface area contributed by atoms with Gasteiger partial charge in [0.05, 0.1) is 0 Å². The number of carbonyl (C=O) groups is 2. The molecule has 126 valence electrons. The van der Waals surface area contributed by atoms with Crippen LogP contribution in [0.3, 0.4) is 0 Å². The summed E-state index contributed by atoms with van der Waals surface area (Å²) in [6, 6.07) is 0. The van der Waals surface area contributed by atoms with Crippen LogP contribution in [0.4, 0.5) is 0 Å². The van der Waals surface area contributed by atoms with Crippen molar-refractivity contribution in [2.75, 3.05) is 0 Å². The number of carbonyl (C=O) groups excluding carboxylic acids is 1. The molecule has 0 spiro atoms. The van der Waals surface area contributed by atoms with Crippen molar-refractivity contribution in [2.45, 2.75) is 65.9 Å². The zero-order valence-electron chi connectivity index (χ0n) is 14.4. The van der Waals surface area contributed by atoms with Crippen LogP contribution in [0.2, 0.25) is 0 Å². The first kappa shape index (κ1) is 17.3. The third-order valence-electron chi connectivity index (χ3n) is 4.61. The molecule has 0 bridgehead atoms. The lowest BCUT2D eigenvalue weighted by molar-refractivity contribution is -0.155. The van der Waals surface area contributed by atoms with Crippen LogP contribution < -0.4 is 9.47 Å². The first-order valence-corrected chi connectivity index (χ1v) is 7.97. The van der Waals surface area contributed by atoms with Crippen molar-refractivity contribution >= 4 is 11.9 Å². The Labute approximate surface area is 136 Å². The molecule has 0 aromatic heterocycles. The number of carboxylic acids is 1. The number of benzene rings is 1. The van der Waals surface area contributed by atoms with Crippen LogP contribution in [-0.4, -0.2) is 22.6 Å². The van der Waals surface area contributed by atoms with Gasteiger partial charge in [-0.2, -0.15) is 0 Å². The summed E-state index contributed by atoms with van der Waals surface area (Å²) < 4.78 is 11.4. The van der Waals surface area contributed by atoms with Crippen LogP contribution in [-0.2, 0) is 16.0 Å². The number of carboxylic acid groups (broad SMARTS) is 1. The zero-order chi connectivity index (χ0) is 17.4. The van der Waals surface area contributed by atoms with E-state index in [1.165, 1.54) is 0 Å². The van der Waals surface area contributed by atoms with E-state index in [2.05, 4.69) is 0 Å². The summed E-state index contributed by atoms with van der Waals surface area (Å²) in [5.74, 6) is -0.00451. The summed E-state index contributed by atoms with van der Waals surface area (Å²) in [5.41, 5.74) is 2.24. The Morgan fingerprint density at radius 2 is 1.87 bits per heavy atom. The van der Waals surface area contributed by atoms with Gasteiger partial charge in [-0.15, -0.1) is 0 Å². The third-order valence-corrected chi connectivity index (χ3v) is 4.61. The number of hydrogen-bond donors (Lipinski definition) is 1. The Bertz CT molecular complexity index is 662. The average molecular weight is 320 g/mol. The Kier molecular flexibility index (Phi) is 4.68. The van der Waals surface area contributed by atoms with Gasteiger partial charge in [-0.05, 0) is 57.2 Å². The molecular weight excluding hydrogens is 296 g/mol. The number of hydrogen-bond acceptors (Lipinski definition) is 4. The van der Waals surface area contributed by atoms with Crippen molar-refractivity contribution in [3.05, 3.63) is 22.3 Å². The predicted octanol–water partition coefficient (Wildman–Crippen LogP) is 3.49. The van der Waals surface area contributed by atoms with E-state index < -0.39 is 11.6 Å². The molecule has 0 aliphatic carbocycles. The van der Waals surface area contributed by atoms with Crippen LogP contribution in [0.15, 0.2) is 0 Å². The van der Waals surface area contributed by atoms with E-state index in [1.807, 2.05) is 27.7 Å². The molecule has 1 N–H and O–H groups in total. The molecule has 1 heterocycles. The molecular formula is C18H24O5. The summed E-state index contributed by atoms with van der Waals surface area (Å²) in [4.78, 5) is 23.3. The molecule has 5 heteroatoms. The van der Waals surface area contributed by atoms with Gasteiger partial charge in [-0.1, -0.05) is 6.92 Å². The normalized spacial score (nSPS) is 19.7. The van der Waals surface area contributed by atoms with Crippen molar-refractivity contribution in [1.82, 2.24) is 0 Å². The predicted molar refractivity (Wildman–Crippen MR) is 86.2 cm³/mol. The summed E-state index contributed by atoms with van der Waals surface area (Å²) in [5, 5.41) is 9.39. The maximum Gasteiger partial charge on any atom is 0.347 e. The lowest BCUT2D eigenvalue weighted by atomic mass is 9.87. The van der Waals surface area contributed by atoms with E-state index >= 15 is 0 Å². The molecule has 1 aromatic carbocycles. The molecule has 1 aliphatic heterocycles. The summed E-state index contributed by atoms with van der Waals surface area (Å²) >= 11 is 0. The highest BCUT2D eigenvalue weighted by Crippen LogP contribution is 2.43. The monoisotopic (exact) mass is 320 g/mol. The molecule has 0 saturated heterocycles. The Morgan fingerprint density at radius 1 is 1.22 bits per heavy atom. The molecule has 2 rings (SSSR count). The largest absolute Gasteiger partial charge is 0.478 e. The third kappa shape index (κ3) is 3.05. The molecule has 23 heavy (non-hydrogen) atoms. The van der Waals surface area contributed by atoms with E-state index in [4.69, 9.17) is 9.47 Å². The molecule has 0 amide bonds. The van der Waals surface area contributed by atoms with Crippen LogP contribution in [0, 0.1) is 20.8 Å². The second-order valence-electron chi connectivity index (χ2n) is 6.37. The van der Waals surface area contributed by atoms with E-state index in [-0.39, 0.29) is 5.97 Å². The average Bonchev–Trinajstić information content (AvgIpc) is 2.49. The van der Waals surface area contributed by atoms with Crippen molar-refractivity contribution in [1.29, 1.82) is 0 Å². The number of fused-ring (bicyclic) bond motifs is 1. The Morgan fingerprint density at radius 3 is 2.43 bits per heavy atom. The van der Waals surface area contributed by atoms with Gasteiger partial charge in [0.15, 0.2) is 0 Å². The topological polar surface area (TPSA) is 72.8 Å². The maximum absolute atomic E-state index is 11.9. The van der Waals surface area contributed by atoms with Crippen LogP contribution in [0.25, 0.3) is 0 Å². The van der Waals surface area contributed by atoms with Gasteiger partial charge >= 0.3 is 11.9 Å². The zero-order valence-corrected chi connectivity index (χ0v) is 14.4. The van der Waals surface area contributed by atoms with Gasteiger partial charge in [-0.3, -0.25) is 4.79 Å². The molecule has 0 radical (unpaired) electrons. The van der Waals surface area contributed by atoms with Gasteiger partial charge in [0.2, 0.25) is 5.60 Å². The smallest absolute Gasteiger partial charge is 0.347 e. The minimum absolute atomic E-state index is 0.245. The first-order chi connectivity index (χ1) is 10.7. The van der Waals surface area contributed by atoms with Crippen molar-refractivity contribution in [3.63, 3.8) is 0 Å². The minimum atomic E-state index is -1.21. The number of esters is 1. The highest BCUT2D eigenvalue weighted by Gasteiger charge is 2.41. The fourth-order valence-corrected chi connectivity index (χ4v) is 2.91. The number of ether oxygens (including phenoxy) is 2.